The fourth-order valence-corrected chi connectivity index (χ4v) is 5.90. The van der Waals surface area contributed by atoms with Gasteiger partial charge >= 0.3 is 13.8 Å². The number of esters is 1. The molecule has 0 aromatic carbocycles. The highest BCUT2D eigenvalue weighted by molar-refractivity contribution is 7.47. The monoisotopic (exact) mass is 649 g/mol. The molecule has 0 aliphatic rings. The second-order valence-electron chi connectivity index (χ2n) is 12.3. The minimum absolute atomic E-state index is 0.0586. The van der Waals surface area contributed by atoms with Crippen LogP contribution in [0, 0.1) is 0 Å². The Bertz CT molecular complexity index is 709. The lowest BCUT2D eigenvalue weighted by Crippen LogP contribution is -2.25. The Morgan fingerprint density at radius 1 is 0.636 bits per heavy atom. The number of amides is 1. The van der Waals surface area contributed by atoms with Crippen LogP contribution in [0.2, 0.25) is 0 Å². The fraction of sp³-hybridized carbons (Fsp3) is 0.941. The first kappa shape index (κ1) is 43.0. The smallest absolute Gasteiger partial charge is 0.463 e. The molecule has 0 aliphatic heterocycles. The topological polar surface area (TPSA) is 131 Å². The zero-order valence-electron chi connectivity index (χ0n) is 28.4. The van der Waals surface area contributed by atoms with Crippen molar-refractivity contribution >= 4 is 19.7 Å². The highest BCUT2D eigenvalue weighted by atomic mass is 31.2. The van der Waals surface area contributed by atoms with Crippen molar-refractivity contribution in [1.29, 1.82) is 0 Å². The molecule has 0 spiro atoms. The van der Waals surface area contributed by atoms with E-state index in [-0.39, 0.29) is 32.1 Å². The van der Waals surface area contributed by atoms with E-state index in [1.807, 2.05) is 0 Å². The molecular weight excluding hydrogens is 581 g/mol. The third-order valence-corrected chi connectivity index (χ3v) is 8.82. The number of carbonyl (C=O) groups excluding carboxylic acids is 2. The van der Waals surface area contributed by atoms with Crippen LogP contribution in [0.1, 0.15) is 174 Å². The van der Waals surface area contributed by atoms with Gasteiger partial charge in [-0.15, -0.1) is 0 Å². The molecule has 3 N–H and O–H groups in total. The molecule has 0 saturated carbocycles. The zero-order chi connectivity index (χ0) is 32.6. The van der Waals surface area contributed by atoms with Gasteiger partial charge in [0.1, 0.15) is 12.7 Å². The van der Waals surface area contributed by atoms with Gasteiger partial charge in [0.15, 0.2) is 0 Å². The average molecular weight is 650 g/mol. The van der Waals surface area contributed by atoms with Gasteiger partial charge in [-0.25, -0.2) is 4.57 Å². The van der Waals surface area contributed by atoms with E-state index in [0.717, 1.165) is 19.3 Å². The predicted molar refractivity (Wildman–Crippen MR) is 178 cm³/mol. The van der Waals surface area contributed by atoms with Crippen LogP contribution in [0.4, 0.5) is 0 Å². The summed E-state index contributed by atoms with van der Waals surface area (Å²) in [5.41, 5.74) is 0. The van der Waals surface area contributed by atoms with E-state index in [9.17, 15) is 24.2 Å². The summed E-state index contributed by atoms with van der Waals surface area (Å²) in [6, 6.07) is 0. The van der Waals surface area contributed by atoms with E-state index in [2.05, 4.69) is 21.3 Å². The number of hydrogen-bond acceptors (Lipinski definition) is 7. The van der Waals surface area contributed by atoms with Crippen LogP contribution in [0.25, 0.3) is 0 Å². The van der Waals surface area contributed by atoms with Gasteiger partial charge in [-0.1, -0.05) is 155 Å². The molecule has 44 heavy (non-hydrogen) atoms. The van der Waals surface area contributed by atoms with Crippen molar-refractivity contribution in [2.75, 3.05) is 26.4 Å². The van der Waals surface area contributed by atoms with E-state index in [0.29, 0.717) is 0 Å². The Morgan fingerprint density at radius 3 is 1.41 bits per heavy atom. The van der Waals surface area contributed by atoms with E-state index in [1.165, 1.54) is 142 Å². The van der Waals surface area contributed by atoms with E-state index >= 15 is 0 Å². The van der Waals surface area contributed by atoms with Crippen molar-refractivity contribution in [3.8, 4) is 0 Å². The van der Waals surface area contributed by atoms with Gasteiger partial charge in [0.25, 0.3) is 0 Å². The second-order valence-corrected chi connectivity index (χ2v) is 13.8. The molecule has 0 aromatic rings. The molecule has 0 rings (SSSR count). The number of unbranched alkanes of at least 4 members (excludes halogenated alkanes) is 23. The number of nitrogens with one attached hydrogen (secondary N) is 1. The summed E-state index contributed by atoms with van der Waals surface area (Å²) in [6.07, 6.45) is 30.9. The van der Waals surface area contributed by atoms with E-state index in [4.69, 9.17) is 4.74 Å². The van der Waals surface area contributed by atoms with Crippen molar-refractivity contribution in [3.63, 3.8) is 0 Å². The largest absolute Gasteiger partial charge is 0.472 e. The first-order valence-electron chi connectivity index (χ1n) is 18.0. The summed E-state index contributed by atoms with van der Waals surface area (Å²) >= 11 is 0. The average Bonchev–Trinajstić information content (AvgIpc) is 2.99. The van der Waals surface area contributed by atoms with Crippen LogP contribution in [0.5, 0.6) is 0 Å². The lowest BCUT2D eigenvalue weighted by Gasteiger charge is -2.15. The fourth-order valence-electron chi connectivity index (χ4n) is 5.15. The van der Waals surface area contributed by atoms with Gasteiger partial charge in [-0.3, -0.25) is 18.6 Å². The number of hydrogen-bond donors (Lipinski definition) is 3. The SMILES string of the molecule is CCCCCCCCCCCCCCCCCCCCCCCCCCC(=O)OCC(O)COP(=O)(O)OCCNC(C)=O. The molecule has 0 saturated heterocycles. The quantitative estimate of drug-likeness (QED) is 0.0358. The van der Waals surface area contributed by atoms with Crippen LogP contribution in [0.3, 0.4) is 0 Å². The molecule has 2 atom stereocenters. The molecule has 0 fully saturated rings. The lowest BCUT2D eigenvalue weighted by atomic mass is 10.0. The summed E-state index contributed by atoms with van der Waals surface area (Å²) in [5, 5.41) is 12.2. The van der Waals surface area contributed by atoms with Gasteiger partial charge in [-0.2, -0.15) is 0 Å². The van der Waals surface area contributed by atoms with E-state index < -0.39 is 26.5 Å². The molecule has 9 nitrogen and oxygen atoms in total. The maximum absolute atomic E-state index is 11.9. The molecule has 0 aliphatic carbocycles. The lowest BCUT2D eigenvalue weighted by molar-refractivity contribution is -0.147. The Kier molecular flexibility index (Phi) is 31.3. The standard InChI is InChI=1S/C34H68NO8P/c1-3-4-5-6-7-8-9-10-11-12-13-14-15-16-17-18-19-20-21-22-23-24-25-26-27-34(38)41-30-33(37)31-43-44(39,40)42-29-28-35-32(2)36/h33,37H,3-31H2,1-2H3,(H,35,36)(H,39,40). The third-order valence-electron chi connectivity index (χ3n) is 7.83. The predicted octanol–water partition coefficient (Wildman–Crippen LogP) is 8.93. The Labute approximate surface area is 269 Å². The van der Waals surface area contributed by atoms with Gasteiger partial charge in [-0.05, 0) is 6.42 Å². The van der Waals surface area contributed by atoms with Gasteiger partial charge in [0.2, 0.25) is 5.91 Å². The summed E-state index contributed by atoms with van der Waals surface area (Å²) < 4.78 is 26.1. The van der Waals surface area contributed by atoms with E-state index in [1.54, 1.807) is 0 Å². The normalized spacial score (nSPS) is 13.5. The molecule has 0 radical (unpaired) electrons. The first-order valence-corrected chi connectivity index (χ1v) is 19.5. The highest BCUT2D eigenvalue weighted by Crippen LogP contribution is 2.42. The Balaban J connectivity index is 3.36. The summed E-state index contributed by atoms with van der Waals surface area (Å²) in [5.74, 6) is -0.688. The van der Waals surface area contributed by atoms with Gasteiger partial charge in [0.05, 0.1) is 13.2 Å². The Morgan fingerprint density at radius 2 is 1.02 bits per heavy atom. The number of carbonyl (C=O) groups is 2. The molecule has 262 valence electrons. The summed E-state index contributed by atoms with van der Waals surface area (Å²) in [6.45, 7) is 2.62. The highest BCUT2D eigenvalue weighted by Gasteiger charge is 2.23. The van der Waals surface area contributed by atoms with Crippen LogP contribution in [-0.2, 0) is 27.9 Å². The van der Waals surface area contributed by atoms with Crippen LogP contribution in [0.15, 0.2) is 0 Å². The van der Waals surface area contributed by atoms with Crippen LogP contribution in [-0.4, -0.2) is 54.3 Å². The second kappa shape index (κ2) is 32.0. The van der Waals surface area contributed by atoms with Gasteiger partial charge < -0.3 is 20.1 Å². The van der Waals surface area contributed by atoms with Crippen molar-refractivity contribution < 1.29 is 37.9 Å². The van der Waals surface area contributed by atoms with Gasteiger partial charge in [0, 0.05) is 19.9 Å². The van der Waals surface area contributed by atoms with Crippen molar-refractivity contribution in [3.05, 3.63) is 0 Å². The van der Waals surface area contributed by atoms with Crippen molar-refractivity contribution in [1.82, 2.24) is 5.32 Å². The van der Waals surface area contributed by atoms with Crippen molar-refractivity contribution in [2.24, 2.45) is 0 Å². The molecule has 0 bridgehead atoms. The number of phosphoric ester groups is 1. The molecule has 0 aromatic heterocycles. The maximum atomic E-state index is 11.9. The minimum Gasteiger partial charge on any atom is -0.463 e. The number of aliphatic hydroxyl groups excluding tert-OH is 1. The third kappa shape index (κ3) is 33.9. The number of rotatable bonds is 34. The molecular formula is C34H68NO8P. The molecule has 0 heterocycles. The van der Waals surface area contributed by atoms with Crippen LogP contribution >= 0.6 is 7.82 Å². The van der Waals surface area contributed by atoms with Crippen molar-refractivity contribution in [2.45, 2.75) is 180 Å². The first-order chi connectivity index (χ1) is 21.3. The number of phosphoric acid groups is 1. The Hall–Kier alpha value is -0.990. The zero-order valence-corrected chi connectivity index (χ0v) is 29.3. The molecule has 2 unspecified atom stereocenters. The molecule has 10 heteroatoms. The minimum atomic E-state index is -4.36. The summed E-state index contributed by atoms with van der Waals surface area (Å²) in [4.78, 5) is 32.1. The van der Waals surface area contributed by atoms with Crippen LogP contribution < -0.4 is 5.32 Å². The number of ether oxygens (including phenoxy) is 1. The summed E-state index contributed by atoms with van der Waals surface area (Å²) in [7, 11) is -4.36. The maximum Gasteiger partial charge on any atom is 0.472 e. The number of aliphatic hydroxyl groups is 1. The molecule has 1 amide bonds.